The molecule has 1 aromatic rings. The Hall–Kier alpha value is -1.67. The number of carbonyl (C=O) groups is 1. The van der Waals surface area contributed by atoms with E-state index in [1.807, 2.05) is 0 Å². The molecule has 1 N–H and O–H groups in total. The highest BCUT2D eigenvalue weighted by atomic mass is 32.2. The number of benzene rings is 1. The van der Waals surface area contributed by atoms with Gasteiger partial charge in [-0.15, -0.1) is 0 Å². The lowest BCUT2D eigenvalue weighted by Gasteiger charge is -2.31. The summed E-state index contributed by atoms with van der Waals surface area (Å²) in [5.74, 6) is -0.597. The zero-order valence-electron chi connectivity index (χ0n) is 15.5. The molecule has 1 atom stereocenters. The molecule has 8 heteroatoms. The molecule has 2 rings (SSSR count). The number of sulfonamides is 1. The number of methoxy groups -OCH3 is 1. The van der Waals surface area contributed by atoms with Crippen LogP contribution in [-0.2, 0) is 14.8 Å². The fourth-order valence-corrected chi connectivity index (χ4v) is 4.69. The number of halogens is 1. The molecule has 1 aliphatic heterocycles. The van der Waals surface area contributed by atoms with E-state index in [9.17, 15) is 17.6 Å². The third kappa shape index (κ3) is 4.94. The van der Waals surface area contributed by atoms with Gasteiger partial charge in [0.2, 0.25) is 15.9 Å². The molecule has 0 bridgehead atoms. The maximum Gasteiger partial charge on any atom is 0.246 e. The minimum absolute atomic E-state index is 0.0925. The number of hydrogen-bond donors (Lipinski definition) is 1. The predicted molar refractivity (Wildman–Crippen MR) is 96.9 cm³/mol. The molecule has 26 heavy (non-hydrogen) atoms. The van der Waals surface area contributed by atoms with E-state index >= 15 is 0 Å². The molecule has 0 spiro atoms. The molecule has 6 nitrogen and oxygen atoms in total. The number of carbonyl (C=O) groups excluding carboxylic acids is 1. The van der Waals surface area contributed by atoms with E-state index in [0.717, 1.165) is 18.6 Å². The number of amides is 1. The largest absolute Gasteiger partial charge is 0.495 e. The molecule has 1 heterocycles. The van der Waals surface area contributed by atoms with Crippen LogP contribution in [0, 0.1) is 17.7 Å². The van der Waals surface area contributed by atoms with Crippen molar-refractivity contribution in [3.05, 3.63) is 24.0 Å². The van der Waals surface area contributed by atoms with Crippen molar-refractivity contribution in [3.8, 4) is 5.75 Å². The molecular formula is C18H27FN2O4S. The Morgan fingerprint density at radius 2 is 2.15 bits per heavy atom. The highest BCUT2D eigenvalue weighted by molar-refractivity contribution is 7.89. The van der Waals surface area contributed by atoms with Crippen LogP contribution in [-0.4, -0.2) is 45.4 Å². The highest BCUT2D eigenvalue weighted by Crippen LogP contribution is 2.30. The van der Waals surface area contributed by atoms with Gasteiger partial charge in [-0.1, -0.05) is 13.8 Å². The van der Waals surface area contributed by atoms with Crippen molar-refractivity contribution in [2.75, 3.05) is 26.7 Å². The van der Waals surface area contributed by atoms with Crippen LogP contribution in [0.5, 0.6) is 5.75 Å². The Kier molecular flexibility index (Phi) is 7.00. The quantitative estimate of drug-likeness (QED) is 0.781. The van der Waals surface area contributed by atoms with Crippen LogP contribution in [0.4, 0.5) is 4.39 Å². The van der Waals surface area contributed by atoms with Crippen molar-refractivity contribution in [1.82, 2.24) is 9.62 Å². The molecule has 1 aliphatic rings. The van der Waals surface area contributed by atoms with Gasteiger partial charge in [-0.05, 0) is 43.4 Å². The summed E-state index contributed by atoms with van der Waals surface area (Å²) in [6, 6.07) is 3.40. The van der Waals surface area contributed by atoms with E-state index in [-0.39, 0.29) is 23.1 Å². The van der Waals surface area contributed by atoms with Crippen molar-refractivity contribution < 1.29 is 22.3 Å². The van der Waals surface area contributed by atoms with Crippen molar-refractivity contribution >= 4 is 15.9 Å². The summed E-state index contributed by atoms with van der Waals surface area (Å²) in [6.07, 6.45) is 2.10. The van der Waals surface area contributed by atoms with Crippen molar-refractivity contribution in [2.24, 2.45) is 11.8 Å². The minimum Gasteiger partial charge on any atom is -0.495 e. The lowest BCUT2D eigenvalue weighted by Crippen LogP contribution is -2.45. The van der Waals surface area contributed by atoms with Crippen LogP contribution in [0.25, 0.3) is 0 Å². The van der Waals surface area contributed by atoms with Gasteiger partial charge in [-0.2, -0.15) is 4.31 Å². The maximum atomic E-state index is 13.6. The first kappa shape index (κ1) is 20.6. The fraction of sp³-hybridized carbons (Fsp3) is 0.611. The second-order valence-corrected chi connectivity index (χ2v) is 8.88. The van der Waals surface area contributed by atoms with Gasteiger partial charge in [0, 0.05) is 19.6 Å². The Balaban J connectivity index is 2.13. The number of nitrogens with zero attached hydrogens (tertiary/aromatic N) is 1. The molecule has 1 fully saturated rings. The highest BCUT2D eigenvalue weighted by Gasteiger charge is 2.35. The summed E-state index contributed by atoms with van der Waals surface area (Å²) in [6.45, 7) is 5.13. The molecule has 146 valence electrons. The van der Waals surface area contributed by atoms with E-state index in [4.69, 9.17) is 4.74 Å². The maximum absolute atomic E-state index is 13.6. The summed E-state index contributed by atoms with van der Waals surface area (Å²) in [5, 5.41) is 2.88. The zero-order valence-corrected chi connectivity index (χ0v) is 16.3. The monoisotopic (exact) mass is 386 g/mol. The first-order valence-corrected chi connectivity index (χ1v) is 10.3. The van der Waals surface area contributed by atoms with Gasteiger partial charge in [0.05, 0.1) is 13.0 Å². The smallest absolute Gasteiger partial charge is 0.246 e. The van der Waals surface area contributed by atoms with Gasteiger partial charge in [-0.3, -0.25) is 4.79 Å². The van der Waals surface area contributed by atoms with Gasteiger partial charge in [0.25, 0.3) is 0 Å². The first-order chi connectivity index (χ1) is 12.3. The number of rotatable bonds is 7. The summed E-state index contributed by atoms with van der Waals surface area (Å²) >= 11 is 0. The normalized spacial score (nSPS) is 18.7. The van der Waals surface area contributed by atoms with Gasteiger partial charge in [0.1, 0.15) is 16.5 Å². The van der Waals surface area contributed by atoms with E-state index in [1.165, 1.54) is 17.5 Å². The van der Waals surface area contributed by atoms with E-state index in [1.54, 1.807) is 0 Å². The van der Waals surface area contributed by atoms with Crippen LogP contribution in [0.1, 0.15) is 33.1 Å². The molecule has 1 aromatic carbocycles. The number of ether oxygens (including phenoxy) is 1. The van der Waals surface area contributed by atoms with Crippen molar-refractivity contribution in [3.63, 3.8) is 0 Å². The average Bonchev–Trinajstić information content (AvgIpc) is 2.61. The molecule has 1 amide bonds. The van der Waals surface area contributed by atoms with E-state index in [0.29, 0.717) is 31.8 Å². The first-order valence-electron chi connectivity index (χ1n) is 8.87. The summed E-state index contributed by atoms with van der Waals surface area (Å²) in [5.41, 5.74) is 0. The fourth-order valence-electron chi connectivity index (χ4n) is 2.99. The third-order valence-corrected chi connectivity index (χ3v) is 6.41. The van der Waals surface area contributed by atoms with Gasteiger partial charge in [0.15, 0.2) is 0 Å². The molecular weight excluding hydrogens is 359 g/mol. The third-order valence-electron chi connectivity index (χ3n) is 4.52. The minimum atomic E-state index is -3.94. The van der Waals surface area contributed by atoms with E-state index in [2.05, 4.69) is 19.2 Å². The Morgan fingerprint density at radius 3 is 2.81 bits per heavy atom. The SMILES string of the molecule is COc1ccc(F)cc1S(=O)(=O)N1CCC[C@H](C(=O)NCCC(C)C)C1. The van der Waals surface area contributed by atoms with Crippen LogP contribution in [0.2, 0.25) is 0 Å². The Bertz CT molecular complexity index is 737. The van der Waals surface area contributed by atoms with Gasteiger partial charge < -0.3 is 10.1 Å². The summed E-state index contributed by atoms with van der Waals surface area (Å²) in [4.78, 5) is 12.1. The molecule has 0 aliphatic carbocycles. The molecule has 0 radical (unpaired) electrons. The molecule has 1 saturated heterocycles. The number of piperidine rings is 1. The second kappa shape index (κ2) is 8.81. The summed E-state index contributed by atoms with van der Waals surface area (Å²) < 4.78 is 45.8. The van der Waals surface area contributed by atoms with Crippen LogP contribution in [0.15, 0.2) is 23.1 Å². The van der Waals surface area contributed by atoms with Crippen LogP contribution in [0.3, 0.4) is 0 Å². The Labute approximate surface area is 154 Å². The molecule has 0 aromatic heterocycles. The van der Waals surface area contributed by atoms with Crippen LogP contribution < -0.4 is 10.1 Å². The standard InChI is InChI=1S/C18H27FN2O4S/c1-13(2)8-9-20-18(22)14-5-4-10-21(12-14)26(23,24)17-11-15(19)6-7-16(17)25-3/h6-7,11,13-14H,4-5,8-10,12H2,1-3H3,(H,20,22)/t14-/m0/s1. The van der Waals surface area contributed by atoms with Crippen molar-refractivity contribution in [2.45, 2.75) is 38.0 Å². The zero-order chi connectivity index (χ0) is 19.3. The predicted octanol–water partition coefficient (Wildman–Crippen LogP) is 2.40. The number of hydrogen-bond acceptors (Lipinski definition) is 4. The summed E-state index contributed by atoms with van der Waals surface area (Å²) in [7, 11) is -2.60. The van der Waals surface area contributed by atoms with Crippen molar-refractivity contribution in [1.29, 1.82) is 0 Å². The lowest BCUT2D eigenvalue weighted by molar-refractivity contribution is -0.126. The molecule has 0 unspecified atom stereocenters. The Morgan fingerprint density at radius 1 is 1.42 bits per heavy atom. The van der Waals surface area contributed by atoms with Gasteiger partial charge >= 0.3 is 0 Å². The van der Waals surface area contributed by atoms with E-state index < -0.39 is 21.8 Å². The number of nitrogens with one attached hydrogen (secondary N) is 1. The van der Waals surface area contributed by atoms with Crippen LogP contribution >= 0.6 is 0 Å². The topological polar surface area (TPSA) is 75.7 Å². The molecule has 0 saturated carbocycles. The lowest BCUT2D eigenvalue weighted by atomic mass is 9.98. The second-order valence-electron chi connectivity index (χ2n) is 6.97. The van der Waals surface area contributed by atoms with Gasteiger partial charge in [-0.25, -0.2) is 12.8 Å². The average molecular weight is 386 g/mol.